The van der Waals surface area contributed by atoms with Gasteiger partial charge in [-0.1, -0.05) is 24.3 Å². The van der Waals surface area contributed by atoms with Crippen molar-refractivity contribution in [2.45, 2.75) is 13.1 Å². The van der Waals surface area contributed by atoms with Gasteiger partial charge in [-0.3, -0.25) is 9.69 Å². The fraction of sp³-hybridized carbons (Fsp3) is 0.316. The van der Waals surface area contributed by atoms with Crippen molar-refractivity contribution in [2.24, 2.45) is 0 Å². The first-order valence-electron chi connectivity index (χ1n) is 8.84. The van der Waals surface area contributed by atoms with E-state index in [-0.39, 0.29) is 5.56 Å². The van der Waals surface area contributed by atoms with E-state index in [0.29, 0.717) is 16.8 Å². The molecule has 0 atom stereocenters. The molecule has 3 heterocycles. The third-order valence-electron chi connectivity index (χ3n) is 4.52. The van der Waals surface area contributed by atoms with E-state index in [9.17, 15) is 9.59 Å². The third kappa shape index (κ3) is 4.08. The molecule has 140 valence electrons. The number of benzene rings is 1. The van der Waals surface area contributed by atoms with E-state index in [2.05, 4.69) is 27.3 Å². The summed E-state index contributed by atoms with van der Waals surface area (Å²) >= 11 is 1.05. The van der Waals surface area contributed by atoms with E-state index in [4.69, 9.17) is 4.74 Å². The number of fused-ring (bicyclic) bond motifs is 1. The minimum absolute atomic E-state index is 0.332. The van der Waals surface area contributed by atoms with Crippen LogP contribution in [0.1, 0.15) is 11.1 Å². The summed E-state index contributed by atoms with van der Waals surface area (Å²) in [5.41, 5.74) is 1.89. The lowest BCUT2D eigenvalue weighted by molar-refractivity contribution is 0.0342. The molecule has 0 radical (unpaired) electrons. The molecule has 1 fully saturated rings. The van der Waals surface area contributed by atoms with Crippen LogP contribution < -0.4 is 10.9 Å². The Kier molecular flexibility index (Phi) is 5.28. The fourth-order valence-electron chi connectivity index (χ4n) is 3.03. The van der Waals surface area contributed by atoms with Crippen molar-refractivity contribution in [1.29, 1.82) is 0 Å². The van der Waals surface area contributed by atoms with Crippen LogP contribution in [-0.2, 0) is 17.8 Å². The molecule has 1 saturated heterocycles. The van der Waals surface area contributed by atoms with Crippen molar-refractivity contribution in [2.75, 3.05) is 26.3 Å². The minimum Gasteiger partial charge on any atom is -0.379 e. The van der Waals surface area contributed by atoms with Crippen molar-refractivity contribution in [3.63, 3.8) is 0 Å². The summed E-state index contributed by atoms with van der Waals surface area (Å²) in [4.78, 5) is 31.7. The van der Waals surface area contributed by atoms with E-state index in [1.165, 1.54) is 5.56 Å². The van der Waals surface area contributed by atoms with Crippen molar-refractivity contribution in [3.05, 3.63) is 64.1 Å². The van der Waals surface area contributed by atoms with Gasteiger partial charge in [-0.2, -0.15) is 3.96 Å². The van der Waals surface area contributed by atoms with E-state index in [1.807, 2.05) is 12.1 Å². The van der Waals surface area contributed by atoms with Crippen LogP contribution in [-0.4, -0.2) is 46.2 Å². The lowest BCUT2D eigenvalue weighted by atomic mass is 10.1. The highest BCUT2D eigenvalue weighted by atomic mass is 32.1. The number of hydrogen-bond acceptors (Lipinski definition) is 6. The number of nitrogens with one attached hydrogen (secondary N) is 1. The Morgan fingerprint density at radius 3 is 2.63 bits per heavy atom. The molecule has 0 saturated carbocycles. The van der Waals surface area contributed by atoms with Crippen LogP contribution in [0.25, 0.3) is 10.2 Å². The second-order valence-corrected chi connectivity index (χ2v) is 7.35. The van der Waals surface area contributed by atoms with E-state index < -0.39 is 6.03 Å². The number of rotatable bonds is 4. The highest BCUT2D eigenvalue weighted by molar-refractivity contribution is 7.14. The van der Waals surface area contributed by atoms with Crippen LogP contribution in [0.3, 0.4) is 0 Å². The molecular formula is C19H20N4O3S. The maximum atomic E-state index is 12.4. The van der Waals surface area contributed by atoms with Gasteiger partial charge in [-0.15, -0.1) is 0 Å². The number of carbonyl (C=O) groups is 1. The average molecular weight is 384 g/mol. The summed E-state index contributed by atoms with van der Waals surface area (Å²) in [5, 5.41) is 3.26. The molecule has 27 heavy (non-hydrogen) atoms. The van der Waals surface area contributed by atoms with E-state index in [0.717, 1.165) is 53.9 Å². The summed E-state index contributed by atoms with van der Waals surface area (Å²) < 4.78 is 6.48. The van der Waals surface area contributed by atoms with Gasteiger partial charge < -0.3 is 10.1 Å². The Balaban J connectivity index is 1.37. The third-order valence-corrected chi connectivity index (χ3v) is 5.54. The molecule has 1 amide bonds. The molecule has 1 aliphatic rings. The average Bonchev–Trinajstić information content (AvgIpc) is 3.05. The number of hydrogen-bond donors (Lipinski definition) is 1. The first-order valence-corrected chi connectivity index (χ1v) is 9.61. The Morgan fingerprint density at radius 1 is 1.15 bits per heavy atom. The van der Waals surface area contributed by atoms with Gasteiger partial charge in [0.2, 0.25) is 0 Å². The van der Waals surface area contributed by atoms with Gasteiger partial charge in [0.25, 0.3) is 5.56 Å². The number of morpholine rings is 1. The van der Waals surface area contributed by atoms with Crippen LogP contribution in [0.4, 0.5) is 4.79 Å². The van der Waals surface area contributed by atoms with Gasteiger partial charge >= 0.3 is 6.03 Å². The van der Waals surface area contributed by atoms with Gasteiger partial charge in [0, 0.05) is 32.4 Å². The van der Waals surface area contributed by atoms with Gasteiger partial charge in [-0.25, -0.2) is 9.78 Å². The SMILES string of the molecule is O=C(NCc1ccc(CN2CCOCC2)cc1)n1sc2ncccc2c1=O. The van der Waals surface area contributed by atoms with E-state index >= 15 is 0 Å². The standard InChI is InChI=1S/C19H20N4O3S/c24-18-16-2-1-7-20-17(16)27-23(18)19(25)21-12-14-3-5-15(6-4-14)13-22-8-10-26-11-9-22/h1-7H,8-13H2,(H,21,25). The molecule has 1 aliphatic heterocycles. The number of aromatic nitrogens is 2. The Labute approximate surface area is 160 Å². The predicted molar refractivity (Wildman–Crippen MR) is 104 cm³/mol. The largest absolute Gasteiger partial charge is 0.379 e. The number of amides is 1. The van der Waals surface area contributed by atoms with Crippen molar-refractivity contribution >= 4 is 27.8 Å². The van der Waals surface area contributed by atoms with Crippen molar-refractivity contribution in [1.82, 2.24) is 19.2 Å². The summed E-state index contributed by atoms with van der Waals surface area (Å²) in [6.45, 7) is 4.76. The smallest absolute Gasteiger partial charge is 0.338 e. The number of carbonyl (C=O) groups excluding carboxylic acids is 1. The molecule has 7 nitrogen and oxygen atoms in total. The maximum absolute atomic E-state index is 12.4. The molecule has 4 rings (SSSR count). The highest BCUT2D eigenvalue weighted by Gasteiger charge is 2.14. The first kappa shape index (κ1) is 17.8. The molecule has 1 aromatic carbocycles. The fourth-order valence-corrected chi connectivity index (χ4v) is 3.89. The minimum atomic E-state index is -0.430. The molecule has 0 spiro atoms. The molecule has 1 N–H and O–H groups in total. The Hall–Kier alpha value is -2.55. The van der Waals surface area contributed by atoms with E-state index in [1.54, 1.807) is 18.3 Å². The zero-order valence-corrected chi connectivity index (χ0v) is 15.6. The second kappa shape index (κ2) is 7.99. The maximum Gasteiger partial charge on any atom is 0.338 e. The molecule has 2 aromatic heterocycles. The molecule has 0 bridgehead atoms. The second-order valence-electron chi connectivity index (χ2n) is 6.41. The summed E-state index contributed by atoms with van der Waals surface area (Å²) in [7, 11) is 0. The number of nitrogens with zero attached hydrogens (tertiary/aromatic N) is 3. The first-order chi connectivity index (χ1) is 13.2. The highest BCUT2D eigenvalue weighted by Crippen LogP contribution is 2.13. The van der Waals surface area contributed by atoms with Crippen LogP contribution in [0, 0.1) is 0 Å². The topological polar surface area (TPSA) is 76.5 Å². The molecule has 0 unspecified atom stereocenters. The van der Waals surface area contributed by atoms with Crippen LogP contribution in [0.2, 0.25) is 0 Å². The van der Waals surface area contributed by atoms with Gasteiger partial charge in [0.05, 0.1) is 18.6 Å². The Morgan fingerprint density at radius 2 is 1.89 bits per heavy atom. The number of ether oxygens (including phenoxy) is 1. The van der Waals surface area contributed by atoms with Crippen molar-refractivity contribution < 1.29 is 9.53 Å². The quantitative estimate of drug-likeness (QED) is 0.745. The predicted octanol–water partition coefficient (Wildman–Crippen LogP) is 2.05. The van der Waals surface area contributed by atoms with Gasteiger partial charge in [0.1, 0.15) is 4.83 Å². The molecule has 3 aromatic rings. The summed E-state index contributed by atoms with van der Waals surface area (Å²) in [6, 6.07) is 11.1. The molecular weight excluding hydrogens is 364 g/mol. The van der Waals surface area contributed by atoms with Crippen molar-refractivity contribution in [3.8, 4) is 0 Å². The van der Waals surface area contributed by atoms with Gasteiger partial charge in [-0.05, 0) is 34.8 Å². The lowest BCUT2D eigenvalue weighted by Crippen LogP contribution is -2.35. The van der Waals surface area contributed by atoms with Crippen LogP contribution in [0.5, 0.6) is 0 Å². The summed E-state index contributed by atoms with van der Waals surface area (Å²) in [5.74, 6) is 0. The normalized spacial score (nSPS) is 15.1. The summed E-state index contributed by atoms with van der Waals surface area (Å²) in [6.07, 6.45) is 1.61. The molecule has 0 aliphatic carbocycles. The Bertz CT molecular complexity index is 990. The number of pyridine rings is 1. The van der Waals surface area contributed by atoms with Crippen LogP contribution >= 0.6 is 11.5 Å². The zero-order valence-electron chi connectivity index (χ0n) is 14.8. The monoisotopic (exact) mass is 384 g/mol. The lowest BCUT2D eigenvalue weighted by Gasteiger charge is -2.26. The zero-order chi connectivity index (χ0) is 18.6. The van der Waals surface area contributed by atoms with Gasteiger partial charge in [0.15, 0.2) is 0 Å². The van der Waals surface area contributed by atoms with Crippen LogP contribution in [0.15, 0.2) is 47.4 Å². The molecule has 8 heteroatoms.